The van der Waals surface area contributed by atoms with Gasteiger partial charge in [0.1, 0.15) is 12.7 Å². The van der Waals surface area contributed by atoms with Gasteiger partial charge in [0, 0.05) is 66.4 Å². The van der Waals surface area contributed by atoms with Crippen molar-refractivity contribution in [1.29, 1.82) is 0 Å². The zero-order valence-electron chi connectivity index (χ0n) is 66.5. The maximum atomic E-state index is 4.42. The van der Waals surface area contributed by atoms with Crippen LogP contribution in [0.2, 0.25) is 0 Å². The second-order valence-electron chi connectivity index (χ2n) is 26.7. The Morgan fingerprint density at radius 2 is 0.752 bits per heavy atom. The molecule has 12 rings (SSSR count). The van der Waals surface area contributed by atoms with E-state index in [1.165, 1.54) is 145 Å². The first-order valence-corrected chi connectivity index (χ1v) is 50.2. The van der Waals surface area contributed by atoms with Gasteiger partial charge in [0.2, 0.25) is 0 Å². The van der Waals surface area contributed by atoms with Gasteiger partial charge in [0.15, 0.2) is 18.2 Å². The van der Waals surface area contributed by atoms with Gasteiger partial charge in [-0.25, -0.2) is 19.9 Å². The van der Waals surface area contributed by atoms with E-state index in [2.05, 4.69) is 436 Å². The molecule has 0 aliphatic rings. The number of aromatic nitrogens is 6. The second kappa shape index (κ2) is 49.5. The number of H-pyrrole nitrogens is 1. The first-order chi connectivity index (χ1) is 49.2. The number of rotatable bonds is 7. The minimum absolute atomic E-state index is 0. The molecule has 0 saturated carbocycles. The Bertz CT molecular complexity index is 4290. The zero-order valence-corrected chi connectivity index (χ0v) is 79.4. The molecule has 0 radical (unpaired) electrons. The van der Waals surface area contributed by atoms with Crippen LogP contribution >= 0.6 is 108 Å². The number of hydrogen-bond donors (Lipinski definition) is 0. The van der Waals surface area contributed by atoms with Gasteiger partial charge in [-0.15, -0.1) is 0 Å². The number of pyridine rings is 3. The van der Waals surface area contributed by atoms with Crippen LogP contribution in [0.4, 0.5) is 5.69 Å². The van der Waals surface area contributed by atoms with Gasteiger partial charge in [0.25, 0.3) is 0 Å². The van der Waals surface area contributed by atoms with Gasteiger partial charge in [-0.2, -0.15) is 8.46 Å². The van der Waals surface area contributed by atoms with Gasteiger partial charge < -0.3 is 21.9 Å². The fourth-order valence-electron chi connectivity index (χ4n) is 10.8. The molecule has 0 fully saturated rings. The van der Waals surface area contributed by atoms with E-state index in [9.17, 15) is 0 Å². The number of alkyl halides is 4. The summed E-state index contributed by atoms with van der Waals surface area (Å²) in [6.07, 6.45) is 17.0. The number of aromatic amines is 1. The molecule has 8 aromatic carbocycles. The van der Waals surface area contributed by atoms with E-state index in [1.54, 1.807) is 0 Å². The Balaban J connectivity index is 0.000000604. The Labute approximate surface area is 694 Å². The predicted octanol–water partition coefficient (Wildman–Crippen LogP) is 24.0. The number of hydrogen-bond acceptors (Lipinski definition) is 6. The van der Waals surface area contributed by atoms with E-state index in [0.29, 0.717) is 0 Å². The molecule has 4 heterocycles. The van der Waals surface area contributed by atoms with Crippen LogP contribution in [0.1, 0.15) is 77.9 Å². The topological polar surface area (TPSA) is 81.8 Å². The Kier molecular flexibility index (Phi) is 45.9. The molecule has 0 saturated heterocycles. The summed E-state index contributed by atoms with van der Waals surface area (Å²) in [6, 6.07) is 64.5. The number of halogens is 7. The van der Waals surface area contributed by atoms with Crippen molar-refractivity contribution in [3.05, 3.63) is 304 Å². The Morgan fingerprint density at radius 3 is 1.17 bits per heavy atom. The maximum Gasteiger partial charge on any atom is 0.00206 e. The number of fused-ring (bicyclic) bond motifs is 1. The summed E-state index contributed by atoms with van der Waals surface area (Å²) in [4.78, 5) is 27.1. The zero-order chi connectivity index (χ0) is 78.5. The van der Waals surface area contributed by atoms with E-state index >= 15 is 0 Å². The van der Waals surface area contributed by atoms with E-state index in [4.69, 9.17) is 0 Å². The Morgan fingerprint density at radius 1 is 0.371 bits per heavy atom. The van der Waals surface area contributed by atoms with E-state index in [0.717, 1.165) is 16.9 Å². The number of anilines is 1. The van der Waals surface area contributed by atoms with Crippen molar-refractivity contribution in [3.8, 4) is 44.8 Å². The third-order valence-corrected chi connectivity index (χ3v) is 21.9. The minimum atomic E-state index is -1.76. The molecule has 12 aromatic rings. The van der Waals surface area contributed by atoms with Crippen molar-refractivity contribution in [1.82, 2.24) is 24.9 Å². The van der Waals surface area contributed by atoms with E-state index in [-0.39, 0.29) is 17.0 Å². The standard InChI is InChI=1S/C17H15N.2C13H13N.C11H18BrP.C11H11N3.C10H15BrS.C10H15N.4CH3Br.BrH/c1-12-5-6-13(2)16(10-12)15-8-7-14-4-3-9-18-17(14)11-15;2*1-10-3-4-11(2)13(9-10)12-5-7-14-8-6-12;1-9-6-7-10(2)11(8-9)13(3,4,5)12;1-8-3-4-9(2)10(5-8)11-13-6-12-7-14-11;1-8-5-6-9(2)10(7-8)12(3,4)11;1-8-5-6-9(2)10(7-8)11(3)4;4*1-2;/h3-11H,1-2H3;2*3-9H,1-2H3;6-8H,1-5H3;3-7H,1-2H3;5-7H,1-4H3;5-7H,1-4H3;4*1H3;1H. The predicted molar refractivity (Wildman–Crippen MR) is 490 cm³/mol. The fraction of sp³-hybridized carbons (Fsp3) is 0.281. The summed E-state index contributed by atoms with van der Waals surface area (Å²) in [6.45, 7) is 36.8. The van der Waals surface area contributed by atoms with Crippen LogP contribution in [-0.2, 0) is 0 Å². The minimum Gasteiger partial charge on any atom is -1.00 e. The van der Waals surface area contributed by atoms with Gasteiger partial charge in [-0.1, -0.05) is 201 Å². The van der Waals surface area contributed by atoms with Crippen LogP contribution < -0.4 is 32.2 Å². The monoisotopic (exact) mass is 1900 g/mol. The number of nitrogens with zero attached hydrogens (tertiary/aromatic N) is 6. The molecular weight excluding hydrogens is 1790 g/mol. The molecule has 16 heteroatoms. The molecule has 1 N–H and O–H groups in total. The summed E-state index contributed by atoms with van der Waals surface area (Å²) in [7, 11) is 3.40. The van der Waals surface area contributed by atoms with Crippen LogP contribution in [0.3, 0.4) is 0 Å². The molecule has 0 unspecified atom stereocenters. The van der Waals surface area contributed by atoms with Crippen molar-refractivity contribution < 1.29 is 22.0 Å². The van der Waals surface area contributed by atoms with Gasteiger partial charge in [-0.05, 0) is 249 Å². The molecule has 7 nitrogen and oxygen atoms in total. The summed E-state index contributed by atoms with van der Waals surface area (Å²) >= 11 is 19.4. The summed E-state index contributed by atoms with van der Waals surface area (Å²) in [5, 5.41) is 0.918. The third kappa shape index (κ3) is 34.3. The summed E-state index contributed by atoms with van der Waals surface area (Å²) < 4.78 is 0. The first kappa shape index (κ1) is 97.4. The molecule has 0 aliphatic heterocycles. The van der Waals surface area contributed by atoms with Crippen molar-refractivity contribution in [2.75, 3.05) is 74.8 Å². The number of benzene rings is 8. The van der Waals surface area contributed by atoms with Crippen LogP contribution in [-0.4, -0.2) is 94.9 Å². The quantitative estimate of drug-likeness (QED) is 0.117. The van der Waals surface area contributed by atoms with Crippen molar-refractivity contribution in [2.45, 2.75) is 102 Å². The van der Waals surface area contributed by atoms with Gasteiger partial charge >= 0.3 is 89.3 Å². The van der Waals surface area contributed by atoms with Crippen LogP contribution in [0.5, 0.6) is 0 Å². The van der Waals surface area contributed by atoms with Gasteiger partial charge in [-0.3, -0.25) is 9.97 Å². The number of nitrogens with one attached hydrogen (secondary N) is 1. The first-order valence-electron chi connectivity index (χ1n) is 33.9. The molecule has 0 aliphatic carbocycles. The molecule has 0 amide bonds. The van der Waals surface area contributed by atoms with Crippen molar-refractivity contribution in [3.63, 3.8) is 0 Å². The third-order valence-electron chi connectivity index (χ3n) is 16.1. The summed E-state index contributed by atoms with van der Waals surface area (Å²) in [5.74, 6) is 7.99. The molecule has 0 bridgehead atoms. The van der Waals surface area contributed by atoms with Crippen LogP contribution in [0, 0.1) is 96.9 Å². The molecule has 564 valence electrons. The second-order valence-corrected chi connectivity index (χ2v) is 47.6. The van der Waals surface area contributed by atoms with Crippen LogP contribution in [0.25, 0.3) is 55.7 Å². The van der Waals surface area contributed by atoms with Crippen molar-refractivity contribution in [2.24, 2.45) is 0 Å². The average Bonchev–Trinajstić information content (AvgIpc) is 0.774. The average molecular weight is 1900 g/mol. The maximum absolute atomic E-state index is 4.42. The number of aryl methyl sites for hydroxylation is 14. The van der Waals surface area contributed by atoms with Gasteiger partial charge in [0.05, 0.1) is 5.52 Å². The fourth-order valence-corrected chi connectivity index (χ4v) is 16.2. The molecular formula is C89H113Br7N7PS. The largest absolute Gasteiger partial charge is 1.00 e. The van der Waals surface area contributed by atoms with E-state index < -0.39 is 13.8 Å². The van der Waals surface area contributed by atoms with E-state index in [1.807, 2.05) is 72.5 Å². The Hall–Kier alpha value is -5.58. The van der Waals surface area contributed by atoms with Crippen molar-refractivity contribution >= 4 is 130 Å². The molecule has 0 spiro atoms. The van der Waals surface area contributed by atoms with Crippen LogP contribution in [0.15, 0.2) is 231 Å². The molecule has 4 aromatic heterocycles. The summed E-state index contributed by atoms with van der Waals surface area (Å²) in [5.41, 5.74) is 29.4. The molecule has 0 atom stereocenters. The normalized spacial score (nSPS) is 10.5. The smallest absolute Gasteiger partial charge is 0.00206 e. The molecule has 105 heavy (non-hydrogen) atoms. The SMILES string of the molecule is CBr.CBr.CBr.CBr.Cc1ccc(C)c(-c2cc[nH+]cc2)c1.Cc1ccc(C)c(-c2ccc3cccnc3c2)c1.Cc1ccc(C)c(-c2ccncc2)c1.Cc1ccc(C)c(-c2ncncn2)c1.Cc1ccc(C)c(N(C)C)c1.Cc1ccc(C)c(P(C)(C)(C)Br)c1.Cc1ccc(C)c(S(C)(C)Br)c1.[Br-].